The number of fused-ring (bicyclic) bond motifs is 1. The highest BCUT2D eigenvalue weighted by Crippen LogP contribution is 2.16. The minimum atomic E-state index is 0.713. The van der Waals surface area contributed by atoms with Gasteiger partial charge in [-0.15, -0.1) is 0 Å². The molecule has 0 aromatic rings. The van der Waals surface area contributed by atoms with Crippen molar-refractivity contribution >= 4 is 0 Å². The van der Waals surface area contributed by atoms with Gasteiger partial charge in [0.15, 0.2) is 0 Å². The van der Waals surface area contributed by atoms with Crippen LogP contribution in [0.25, 0.3) is 0 Å². The van der Waals surface area contributed by atoms with Gasteiger partial charge < -0.3 is 5.32 Å². The Morgan fingerprint density at radius 2 is 2.50 bits per heavy atom. The van der Waals surface area contributed by atoms with Gasteiger partial charge in [-0.3, -0.25) is 5.32 Å². The molecular formula is C4H8N2. The molecule has 0 saturated carbocycles. The molecule has 2 rings (SSSR count). The van der Waals surface area contributed by atoms with Crippen LogP contribution >= 0.6 is 0 Å². The van der Waals surface area contributed by atoms with Crippen molar-refractivity contribution in [3.05, 3.63) is 0 Å². The zero-order chi connectivity index (χ0) is 3.98. The minimum Gasteiger partial charge on any atom is -0.301 e. The highest BCUT2D eigenvalue weighted by Gasteiger charge is 2.39. The Bertz CT molecular complexity index is 63.9. The van der Waals surface area contributed by atoms with E-state index in [4.69, 9.17) is 0 Å². The number of hydrogen-bond donors (Lipinski definition) is 2. The van der Waals surface area contributed by atoms with Gasteiger partial charge in [0, 0.05) is 6.04 Å². The van der Waals surface area contributed by atoms with Crippen molar-refractivity contribution in [1.82, 2.24) is 10.6 Å². The fraction of sp³-hybridized carbons (Fsp3) is 1.00. The Balaban J connectivity index is 2.09. The summed E-state index contributed by atoms with van der Waals surface area (Å²) in [7, 11) is 0. The SMILES string of the molecule is C1CC2NC2N1. The van der Waals surface area contributed by atoms with Crippen molar-refractivity contribution in [1.29, 1.82) is 0 Å². The normalized spacial score (nSPS) is 52.0. The average Bonchev–Trinajstić information content (AvgIpc) is 2.17. The molecule has 2 nitrogen and oxygen atoms in total. The van der Waals surface area contributed by atoms with Crippen molar-refractivity contribution in [3.63, 3.8) is 0 Å². The first kappa shape index (κ1) is 2.99. The topological polar surface area (TPSA) is 34.0 Å². The van der Waals surface area contributed by atoms with Crippen molar-refractivity contribution in [2.24, 2.45) is 0 Å². The average molecular weight is 84.1 g/mol. The highest BCUT2D eigenvalue weighted by atomic mass is 15.3. The molecule has 0 amide bonds. The third-order valence-electron chi connectivity index (χ3n) is 1.51. The molecule has 0 radical (unpaired) electrons. The summed E-state index contributed by atoms with van der Waals surface area (Å²) in [5.74, 6) is 0. The summed E-state index contributed by atoms with van der Waals surface area (Å²) in [6.07, 6.45) is 2.05. The molecule has 2 heterocycles. The summed E-state index contributed by atoms with van der Waals surface area (Å²) in [5, 5.41) is 6.54. The predicted octanol–water partition coefficient (Wildman–Crippen LogP) is -0.722. The molecule has 0 aromatic carbocycles. The van der Waals surface area contributed by atoms with E-state index in [0.717, 1.165) is 6.04 Å². The van der Waals surface area contributed by atoms with E-state index in [9.17, 15) is 0 Å². The van der Waals surface area contributed by atoms with E-state index < -0.39 is 0 Å². The molecule has 2 aliphatic heterocycles. The fourth-order valence-corrected chi connectivity index (χ4v) is 1.02. The molecule has 2 heteroatoms. The second kappa shape index (κ2) is 0.768. The second-order valence-corrected chi connectivity index (χ2v) is 1.99. The maximum Gasteiger partial charge on any atom is 0.0734 e. The molecule has 0 aliphatic carbocycles. The van der Waals surface area contributed by atoms with E-state index in [1.807, 2.05) is 0 Å². The Kier molecular flexibility index (Phi) is 0.383. The maximum atomic E-state index is 3.28. The van der Waals surface area contributed by atoms with Crippen LogP contribution in [0.3, 0.4) is 0 Å². The lowest BCUT2D eigenvalue weighted by atomic mass is 10.4. The van der Waals surface area contributed by atoms with Gasteiger partial charge in [0.05, 0.1) is 6.17 Å². The summed E-state index contributed by atoms with van der Waals surface area (Å²) in [6.45, 7) is 1.22. The molecule has 2 atom stereocenters. The van der Waals surface area contributed by atoms with Crippen molar-refractivity contribution in [2.45, 2.75) is 18.6 Å². The standard InChI is InChI=1S/C4H8N2/c1-2-5-4-3(1)6-4/h3-6H,1-2H2. The van der Waals surface area contributed by atoms with Gasteiger partial charge in [0.25, 0.3) is 0 Å². The highest BCUT2D eigenvalue weighted by molar-refractivity contribution is 5.01. The first-order valence-electron chi connectivity index (χ1n) is 2.46. The monoisotopic (exact) mass is 84.1 g/mol. The molecule has 0 bridgehead atoms. The van der Waals surface area contributed by atoms with Crippen LogP contribution in [0.4, 0.5) is 0 Å². The van der Waals surface area contributed by atoms with E-state index >= 15 is 0 Å². The number of rotatable bonds is 0. The van der Waals surface area contributed by atoms with Crippen LogP contribution in [0, 0.1) is 0 Å². The molecule has 2 saturated heterocycles. The van der Waals surface area contributed by atoms with Crippen LogP contribution in [-0.4, -0.2) is 18.8 Å². The smallest absolute Gasteiger partial charge is 0.0734 e. The summed E-state index contributed by atoms with van der Waals surface area (Å²) in [4.78, 5) is 0. The van der Waals surface area contributed by atoms with E-state index in [2.05, 4.69) is 10.6 Å². The van der Waals surface area contributed by atoms with Crippen molar-refractivity contribution in [3.8, 4) is 0 Å². The number of hydrogen-bond acceptors (Lipinski definition) is 2. The van der Waals surface area contributed by atoms with Crippen LogP contribution in [0.2, 0.25) is 0 Å². The Morgan fingerprint density at radius 3 is 2.67 bits per heavy atom. The van der Waals surface area contributed by atoms with Crippen molar-refractivity contribution in [2.75, 3.05) is 6.54 Å². The van der Waals surface area contributed by atoms with E-state index in [1.54, 1.807) is 0 Å². The summed E-state index contributed by atoms with van der Waals surface area (Å²) < 4.78 is 0. The second-order valence-electron chi connectivity index (χ2n) is 1.99. The third-order valence-corrected chi connectivity index (χ3v) is 1.51. The predicted molar refractivity (Wildman–Crippen MR) is 23.3 cm³/mol. The van der Waals surface area contributed by atoms with Gasteiger partial charge in [0.1, 0.15) is 0 Å². The lowest BCUT2D eigenvalue weighted by Crippen LogP contribution is -2.16. The molecule has 6 heavy (non-hydrogen) atoms. The molecule has 2 N–H and O–H groups in total. The van der Waals surface area contributed by atoms with Gasteiger partial charge in [-0.1, -0.05) is 0 Å². The molecule has 0 aromatic heterocycles. The number of nitrogens with one attached hydrogen (secondary N) is 2. The fourth-order valence-electron chi connectivity index (χ4n) is 1.02. The van der Waals surface area contributed by atoms with Gasteiger partial charge in [-0.25, -0.2) is 0 Å². The first-order valence-corrected chi connectivity index (χ1v) is 2.46. The molecule has 2 aliphatic rings. The maximum absolute atomic E-state index is 3.28. The molecular weight excluding hydrogens is 76.1 g/mol. The van der Waals surface area contributed by atoms with Gasteiger partial charge in [-0.2, -0.15) is 0 Å². The third kappa shape index (κ3) is 0.235. The van der Waals surface area contributed by atoms with Crippen LogP contribution in [-0.2, 0) is 0 Å². The van der Waals surface area contributed by atoms with Gasteiger partial charge in [0.2, 0.25) is 0 Å². The first-order chi connectivity index (χ1) is 2.97. The lowest BCUT2D eigenvalue weighted by molar-refractivity contribution is 0.712. The molecule has 2 unspecified atom stereocenters. The summed E-state index contributed by atoms with van der Waals surface area (Å²) in [5.41, 5.74) is 0. The quantitative estimate of drug-likeness (QED) is 0.380. The Morgan fingerprint density at radius 1 is 1.50 bits per heavy atom. The van der Waals surface area contributed by atoms with Crippen LogP contribution in [0.1, 0.15) is 6.42 Å². The zero-order valence-corrected chi connectivity index (χ0v) is 3.57. The van der Waals surface area contributed by atoms with Crippen molar-refractivity contribution < 1.29 is 0 Å². The van der Waals surface area contributed by atoms with E-state index in [1.165, 1.54) is 13.0 Å². The Labute approximate surface area is 36.9 Å². The van der Waals surface area contributed by atoms with Crippen LogP contribution in [0.5, 0.6) is 0 Å². The zero-order valence-electron chi connectivity index (χ0n) is 3.57. The van der Waals surface area contributed by atoms with Gasteiger partial charge in [-0.05, 0) is 13.0 Å². The lowest BCUT2D eigenvalue weighted by Gasteiger charge is -1.87. The van der Waals surface area contributed by atoms with Crippen LogP contribution < -0.4 is 10.6 Å². The molecule has 2 fully saturated rings. The molecule has 34 valence electrons. The van der Waals surface area contributed by atoms with E-state index in [0.29, 0.717) is 6.17 Å². The summed E-state index contributed by atoms with van der Waals surface area (Å²) >= 11 is 0. The minimum absolute atomic E-state index is 0.713. The molecule has 0 spiro atoms. The van der Waals surface area contributed by atoms with Gasteiger partial charge >= 0.3 is 0 Å². The van der Waals surface area contributed by atoms with Crippen LogP contribution in [0.15, 0.2) is 0 Å². The Hall–Kier alpha value is -0.0800. The summed E-state index contributed by atoms with van der Waals surface area (Å²) in [6, 6.07) is 0.852. The van der Waals surface area contributed by atoms with E-state index in [-0.39, 0.29) is 0 Å². The largest absolute Gasteiger partial charge is 0.301 e.